The zero-order valence-electron chi connectivity index (χ0n) is 22.0. The number of rotatable bonds is 9. The highest BCUT2D eigenvalue weighted by Crippen LogP contribution is 2.30. The minimum atomic E-state index is -0.750. The zero-order chi connectivity index (χ0) is 27.4. The normalized spacial score (nSPS) is 16.9. The molecule has 0 saturated carbocycles. The van der Waals surface area contributed by atoms with Gasteiger partial charge in [-0.2, -0.15) is 0 Å². The van der Waals surface area contributed by atoms with Crippen LogP contribution in [0.4, 0.5) is 5.95 Å². The number of methoxy groups -OCH3 is 1. The summed E-state index contributed by atoms with van der Waals surface area (Å²) in [5.74, 6) is 0.328. The molecule has 5 rings (SSSR count). The number of aliphatic hydroxyl groups excluding tert-OH is 1. The third-order valence-corrected chi connectivity index (χ3v) is 7.16. The number of anilines is 1. The lowest BCUT2D eigenvalue weighted by atomic mass is 10.0. The molecule has 0 aliphatic carbocycles. The van der Waals surface area contributed by atoms with Gasteiger partial charge in [0.1, 0.15) is 6.04 Å². The number of pyridine rings is 1. The molecule has 39 heavy (non-hydrogen) atoms. The second kappa shape index (κ2) is 11.7. The summed E-state index contributed by atoms with van der Waals surface area (Å²) in [7, 11) is 1.50. The first-order chi connectivity index (χ1) is 19.0. The number of benzene rings is 1. The van der Waals surface area contributed by atoms with Crippen molar-refractivity contribution in [3.8, 4) is 17.1 Å². The highest BCUT2D eigenvalue weighted by atomic mass is 16.5. The van der Waals surface area contributed by atoms with Gasteiger partial charge in [0.25, 0.3) is 5.91 Å². The molecule has 2 aromatic heterocycles. The number of amides is 2. The zero-order valence-corrected chi connectivity index (χ0v) is 22.0. The fourth-order valence-electron chi connectivity index (χ4n) is 4.83. The maximum Gasteiger partial charge on any atom is 0.255 e. The van der Waals surface area contributed by atoms with E-state index in [1.807, 2.05) is 24.3 Å². The summed E-state index contributed by atoms with van der Waals surface area (Å²) in [6, 6.07) is 9.68. The predicted molar refractivity (Wildman–Crippen MR) is 143 cm³/mol. The molecule has 11 nitrogen and oxygen atoms in total. The predicted octanol–water partition coefficient (Wildman–Crippen LogP) is 2.33. The van der Waals surface area contributed by atoms with Crippen molar-refractivity contribution in [2.45, 2.75) is 44.4 Å². The van der Waals surface area contributed by atoms with Crippen LogP contribution >= 0.6 is 0 Å². The van der Waals surface area contributed by atoms with Gasteiger partial charge in [-0.1, -0.05) is 12.1 Å². The molecule has 3 aromatic rings. The van der Waals surface area contributed by atoms with Gasteiger partial charge in [-0.05, 0) is 49.1 Å². The first-order valence-corrected chi connectivity index (χ1v) is 13.0. The topological polar surface area (TPSA) is 139 Å². The average Bonchev–Trinajstić information content (AvgIpc) is 3.31. The van der Waals surface area contributed by atoms with Crippen molar-refractivity contribution in [2.75, 3.05) is 32.2 Å². The second-order valence-electron chi connectivity index (χ2n) is 9.65. The smallest absolute Gasteiger partial charge is 0.255 e. The van der Waals surface area contributed by atoms with E-state index < -0.39 is 12.1 Å². The number of fused-ring (bicyclic) bond motifs is 1. The third-order valence-electron chi connectivity index (χ3n) is 7.16. The monoisotopic (exact) mass is 532 g/mol. The number of aromatic nitrogens is 3. The average molecular weight is 533 g/mol. The fraction of sp³-hybridized carbons (Fsp3) is 0.393. The van der Waals surface area contributed by atoms with Crippen molar-refractivity contribution >= 4 is 17.8 Å². The molecule has 0 bridgehead atoms. The van der Waals surface area contributed by atoms with Crippen molar-refractivity contribution in [1.29, 1.82) is 0 Å². The van der Waals surface area contributed by atoms with Gasteiger partial charge in [0.2, 0.25) is 17.7 Å². The SMILES string of the molecule is COc1cc([C@@H](CO)NC(=O)[C@@H](C)N2Cc3ccc(-c4ccnc(NC5CCOCC5)n4)cc3C2=O)ccn1. The van der Waals surface area contributed by atoms with Crippen molar-refractivity contribution in [3.05, 3.63) is 65.5 Å². The van der Waals surface area contributed by atoms with Gasteiger partial charge < -0.3 is 30.1 Å². The minimum Gasteiger partial charge on any atom is -0.481 e. The Morgan fingerprint density at radius 1 is 1.18 bits per heavy atom. The van der Waals surface area contributed by atoms with Crippen LogP contribution in [0, 0.1) is 0 Å². The fourth-order valence-corrected chi connectivity index (χ4v) is 4.83. The van der Waals surface area contributed by atoms with Crippen LogP contribution in [0.5, 0.6) is 5.88 Å². The molecule has 2 atom stereocenters. The molecule has 0 spiro atoms. The van der Waals surface area contributed by atoms with E-state index >= 15 is 0 Å². The first-order valence-electron chi connectivity index (χ1n) is 13.0. The van der Waals surface area contributed by atoms with Crippen LogP contribution in [0.1, 0.15) is 47.3 Å². The molecule has 2 aliphatic rings. The van der Waals surface area contributed by atoms with E-state index in [1.54, 1.807) is 31.5 Å². The van der Waals surface area contributed by atoms with Crippen LogP contribution in [-0.4, -0.2) is 75.8 Å². The molecule has 1 saturated heterocycles. The third kappa shape index (κ3) is 5.84. The number of carbonyl (C=O) groups is 2. The maximum absolute atomic E-state index is 13.4. The van der Waals surface area contributed by atoms with Crippen molar-refractivity contribution in [1.82, 2.24) is 25.2 Å². The summed E-state index contributed by atoms with van der Waals surface area (Å²) in [6.07, 6.45) is 5.05. The number of hydrogen-bond donors (Lipinski definition) is 3. The molecule has 2 aliphatic heterocycles. The summed E-state index contributed by atoms with van der Waals surface area (Å²) in [5, 5.41) is 16.1. The standard InChI is InChI=1S/C28H32N6O5/c1-17(26(36)32-24(16-35)19-5-9-29-25(14-19)38-2)34-15-20-4-3-18(13-22(20)27(34)37)23-6-10-30-28(33-23)31-21-7-11-39-12-8-21/h3-6,9-10,13-14,17,21,24,35H,7-8,11-12,15-16H2,1-2H3,(H,32,36)(H,30,31,33)/t17-,24-/m1/s1. The summed E-state index contributed by atoms with van der Waals surface area (Å²) in [5.41, 5.74) is 3.54. The highest BCUT2D eigenvalue weighted by Gasteiger charge is 2.35. The van der Waals surface area contributed by atoms with Crippen molar-refractivity contribution in [3.63, 3.8) is 0 Å². The summed E-state index contributed by atoms with van der Waals surface area (Å²) in [4.78, 5) is 41.1. The molecule has 3 N–H and O–H groups in total. The summed E-state index contributed by atoms with van der Waals surface area (Å²) in [6.45, 7) is 3.12. The van der Waals surface area contributed by atoms with Gasteiger partial charge in [-0.3, -0.25) is 9.59 Å². The molecule has 0 radical (unpaired) electrons. The molecule has 204 valence electrons. The van der Waals surface area contributed by atoms with Crippen molar-refractivity contribution < 1.29 is 24.2 Å². The number of hydrogen-bond acceptors (Lipinski definition) is 9. The van der Waals surface area contributed by atoms with Crippen LogP contribution in [0.15, 0.2) is 48.8 Å². The van der Waals surface area contributed by atoms with Crippen LogP contribution in [0.2, 0.25) is 0 Å². The maximum atomic E-state index is 13.4. The Morgan fingerprint density at radius 3 is 2.74 bits per heavy atom. The molecular weight excluding hydrogens is 500 g/mol. The molecule has 4 heterocycles. The van der Waals surface area contributed by atoms with E-state index in [4.69, 9.17) is 9.47 Å². The van der Waals surface area contributed by atoms with E-state index in [2.05, 4.69) is 25.6 Å². The Balaban J connectivity index is 1.28. The molecular formula is C28H32N6O5. The van der Waals surface area contributed by atoms with Crippen LogP contribution in [0.25, 0.3) is 11.3 Å². The summed E-state index contributed by atoms with van der Waals surface area (Å²) < 4.78 is 10.6. The van der Waals surface area contributed by atoms with E-state index in [-0.39, 0.29) is 24.5 Å². The van der Waals surface area contributed by atoms with Gasteiger partial charge in [-0.25, -0.2) is 15.0 Å². The van der Waals surface area contributed by atoms with Gasteiger partial charge in [-0.15, -0.1) is 0 Å². The van der Waals surface area contributed by atoms with Gasteiger partial charge in [0.05, 0.1) is 25.5 Å². The van der Waals surface area contributed by atoms with Gasteiger partial charge >= 0.3 is 0 Å². The lowest BCUT2D eigenvalue weighted by Crippen LogP contribution is -2.46. The Labute approximate surface area is 226 Å². The second-order valence-corrected chi connectivity index (χ2v) is 9.65. The Kier molecular flexibility index (Phi) is 7.99. The van der Waals surface area contributed by atoms with Gasteiger partial charge in [0.15, 0.2) is 0 Å². The van der Waals surface area contributed by atoms with E-state index in [9.17, 15) is 14.7 Å². The lowest BCUT2D eigenvalue weighted by Gasteiger charge is -2.26. The number of nitrogens with zero attached hydrogens (tertiary/aromatic N) is 4. The van der Waals surface area contributed by atoms with E-state index in [0.717, 1.165) is 37.2 Å². The molecule has 1 fully saturated rings. The number of aliphatic hydroxyl groups is 1. The summed E-state index contributed by atoms with van der Waals surface area (Å²) >= 11 is 0. The largest absolute Gasteiger partial charge is 0.481 e. The van der Waals surface area contributed by atoms with E-state index in [1.165, 1.54) is 12.0 Å². The number of nitrogens with one attached hydrogen (secondary N) is 2. The quantitative estimate of drug-likeness (QED) is 0.379. The minimum absolute atomic E-state index is 0.227. The molecule has 0 unspecified atom stereocenters. The Morgan fingerprint density at radius 2 is 1.97 bits per heavy atom. The van der Waals surface area contributed by atoms with Crippen molar-refractivity contribution in [2.24, 2.45) is 0 Å². The molecule has 2 amide bonds. The number of ether oxygens (including phenoxy) is 2. The van der Waals surface area contributed by atoms with Crippen LogP contribution in [-0.2, 0) is 16.1 Å². The van der Waals surface area contributed by atoms with Gasteiger partial charge in [0, 0.05) is 55.4 Å². The lowest BCUT2D eigenvalue weighted by molar-refractivity contribution is -0.126. The highest BCUT2D eigenvalue weighted by molar-refractivity contribution is 6.02. The Bertz CT molecular complexity index is 1350. The molecule has 1 aromatic carbocycles. The number of carbonyl (C=O) groups excluding carboxylic acids is 2. The van der Waals surface area contributed by atoms with Crippen LogP contribution in [0.3, 0.4) is 0 Å². The van der Waals surface area contributed by atoms with E-state index in [0.29, 0.717) is 35.2 Å². The molecule has 11 heteroatoms. The van der Waals surface area contributed by atoms with Crippen LogP contribution < -0.4 is 15.4 Å². The first kappa shape index (κ1) is 26.5. The Hall–Kier alpha value is -4.09.